The summed E-state index contributed by atoms with van der Waals surface area (Å²) in [4.78, 5) is 23.5. The SMILES string of the molecule is COc1ccc(C(C)NCC(=O)Nc2ccccc2C(N)=O)cc1Br. The van der Waals surface area contributed by atoms with Gasteiger partial charge in [0.25, 0.3) is 5.91 Å². The van der Waals surface area contributed by atoms with Crippen LogP contribution in [0.15, 0.2) is 46.9 Å². The number of para-hydroxylation sites is 1. The van der Waals surface area contributed by atoms with Crippen molar-refractivity contribution in [2.45, 2.75) is 13.0 Å². The Kier molecular flexibility index (Phi) is 6.55. The normalized spacial score (nSPS) is 11.6. The maximum atomic E-state index is 12.1. The van der Waals surface area contributed by atoms with Crippen molar-refractivity contribution in [1.82, 2.24) is 5.32 Å². The highest BCUT2D eigenvalue weighted by molar-refractivity contribution is 9.10. The summed E-state index contributed by atoms with van der Waals surface area (Å²) in [5.74, 6) is -0.0924. The fraction of sp³-hybridized carbons (Fsp3) is 0.222. The number of rotatable bonds is 7. The molecule has 4 N–H and O–H groups in total. The number of hydrogen-bond acceptors (Lipinski definition) is 4. The molecule has 0 bridgehead atoms. The lowest BCUT2D eigenvalue weighted by molar-refractivity contribution is -0.115. The van der Waals surface area contributed by atoms with E-state index in [2.05, 4.69) is 26.6 Å². The molecule has 2 rings (SSSR count). The molecule has 1 atom stereocenters. The van der Waals surface area contributed by atoms with Crippen LogP contribution in [0.1, 0.15) is 28.9 Å². The molecular formula is C18H20BrN3O3. The van der Waals surface area contributed by atoms with Gasteiger partial charge in [0.15, 0.2) is 0 Å². The maximum absolute atomic E-state index is 12.1. The number of benzene rings is 2. The van der Waals surface area contributed by atoms with Gasteiger partial charge in [-0.2, -0.15) is 0 Å². The van der Waals surface area contributed by atoms with Crippen molar-refractivity contribution in [2.24, 2.45) is 5.73 Å². The van der Waals surface area contributed by atoms with E-state index in [1.54, 1.807) is 31.4 Å². The van der Waals surface area contributed by atoms with Gasteiger partial charge in [-0.25, -0.2) is 0 Å². The molecule has 0 saturated heterocycles. The number of nitrogens with one attached hydrogen (secondary N) is 2. The fourth-order valence-electron chi connectivity index (χ4n) is 2.32. The molecule has 0 radical (unpaired) electrons. The molecule has 1 unspecified atom stereocenters. The number of carbonyl (C=O) groups excluding carboxylic acids is 2. The summed E-state index contributed by atoms with van der Waals surface area (Å²) in [5.41, 5.74) is 7.00. The molecule has 2 aromatic carbocycles. The van der Waals surface area contributed by atoms with Crippen LogP contribution in [-0.2, 0) is 4.79 Å². The van der Waals surface area contributed by atoms with Crippen LogP contribution >= 0.6 is 15.9 Å². The molecule has 0 fully saturated rings. The highest BCUT2D eigenvalue weighted by atomic mass is 79.9. The molecule has 25 heavy (non-hydrogen) atoms. The van der Waals surface area contributed by atoms with E-state index in [0.29, 0.717) is 5.69 Å². The lowest BCUT2D eigenvalue weighted by atomic mass is 10.1. The minimum atomic E-state index is -0.583. The van der Waals surface area contributed by atoms with E-state index in [1.807, 2.05) is 25.1 Å². The number of amides is 2. The van der Waals surface area contributed by atoms with Gasteiger partial charge in [0, 0.05) is 6.04 Å². The summed E-state index contributed by atoms with van der Waals surface area (Å²) >= 11 is 3.45. The number of anilines is 1. The standard InChI is InChI=1S/C18H20BrN3O3/c1-11(12-7-8-16(25-2)14(19)9-12)21-10-17(23)22-15-6-4-3-5-13(15)18(20)24/h3-9,11,21H,10H2,1-2H3,(H2,20,24)(H,22,23). The Bertz CT molecular complexity index is 780. The van der Waals surface area contributed by atoms with Crippen LogP contribution in [-0.4, -0.2) is 25.5 Å². The van der Waals surface area contributed by atoms with Gasteiger partial charge in [0.05, 0.1) is 29.4 Å². The van der Waals surface area contributed by atoms with Crippen LogP contribution < -0.4 is 21.1 Å². The summed E-state index contributed by atoms with van der Waals surface area (Å²) in [6, 6.07) is 12.3. The van der Waals surface area contributed by atoms with Crippen LogP contribution in [0.3, 0.4) is 0 Å². The van der Waals surface area contributed by atoms with Gasteiger partial charge in [-0.15, -0.1) is 0 Å². The first kappa shape index (κ1) is 19.0. The summed E-state index contributed by atoms with van der Waals surface area (Å²) in [6.07, 6.45) is 0. The van der Waals surface area contributed by atoms with E-state index < -0.39 is 5.91 Å². The number of halogens is 1. The third-order valence-electron chi connectivity index (χ3n) is 3.71. The number of carbonyl (C=O) groups is 2. The Labute approximate surface area is 154 Å². The first-order chi connectivity index (χ1) is 11.9. The third-order valence-corrected chi connectivity index (χ3v) is 4.33. The van der Waals surface area contributed by atoms with Gasteiger partial charge in [0.2, 0.25) is 5.91 Å². The number of primary amides is 1. The van der Waals surface area contributed by atoms with E-state index >= 15 is 0 Å². The maximum Gasteiger partial charge on any atom is 0.250 e. The third kappa shape index (κ3) is 5.04. The second kappa shape index (κ2) is 8.64. The quantitative estimate of drug-likeness (QED) is 0.659. The van der Waals surface area contributed by atoms with E-state index in [9.17, 15) is 9.59 Å². The Morgan fingerprint density at radius 3 is 2.60 bits per heavy atom. The molecule has 6 nitrogen and oxygen atoms in total. The fourth-order valence-corrected chi connectivity index (χ4v) is 2.88. The van der Waals surface area contributed by atoms with Gasteiger partial charge >= 0.3 is 0 Å². The Morgan fingerprint density at radius 2 is 1.96 bits per heavy atom. The van der Waals surface area contributed by atoms with E-state index in [1.165, 1.54) is 0 Å². The lowest BCUT2D eigenvalue weighted by Crippen LogP contribution is -2.30. The Hall–Kier alpha value is -2.38. The molecule has 0 aliphatic heterocycles. The summed E-state index contributed by atoms with van der Waals surface area (Å²) in [7, 11) is 1.61. The van der Waals surface area contributed by atoms with Gasteiger partial charge in [-0.3, -0.25) is 9.59 Å². The Balaban J connectivity index is 1.96. The predicted molar refractivity (Wildman–Crippen MR) is 101 cm³/mol. The van der Waals surface area contributed by atoms with Crippen molar-refractivity contribution < 1.29 is 14.3 Å². The van der Waals surface area contributed by atoms with E-state index in [-0.39, 0.29) is 24.1 Å². The highest BCUT2D eigenvalue weighted by Crippen LogP contribution is 2.27. The van der Waals surface area contributed by atoms with Crippen molar-refractivity contribution >= 4 is 33.4 Å². The number of hydrogen-bond donors (Lipinski definition) is 3. The van der Waals surface area contributed by atoms with Gasteiger partial charge in [0.1, 0.15) is 5.75 Å². The molecule has 0 aliphatic rings. The van der Waals surface area contributed by atoms with E-state index in [0.717, 1.165) is 15.8 Å². The molecular weight excluding hydrogens is 386 g/mol. The first-order valence-electron chi connectivity index (χ1n) is 7.68. The molecule has 2 aromatic rings. The second-order valence-corrected chi connectivity index (χ2v) is 6.31. The topological polar surface area (TPSA) is 93.4 Å². The summed E-state index contributed by atoms with van der Waals surface area (Å²) < 4.78 is 6.05. The number of ether oxygens (including phenoxy) is 1. The smallest absolute Gasteiger partial charge is 0.250 e. The monoisotopic (exact) mass is 405 g/mol. The minimum Gasteiger partial charge on any atom is -0.496 e. The Morgan fingerprint density at radius 1 is 1.24 bits per heavy atom. The van der Waals surface area contributed by atoms with Crippen molar-refractivity contribution in [1.29, 1.82) is 0 Å². The summed E-state index contributed by atoms with van der Waals surface area (Å²) in [6.45, 7) is 2.05. The molecule has 0 spiro atoms. The van der Waals surface area contributed by atoms with E-state index in [4.69, 9.17) is 10.5 Å². The minimum absolute atomic E-state index is 0.0423. The van der Waals surface area contributed by atoms with Crippen LogP contribution in [0.5, 0.6) is 5.75 Å². The molecule has 0 saturated carbocycles. The van der Waals surface area contributed by atoms with Gasteiger partial charge < -0.3 is 21.1 Å². The van der Waals surface area contributed by atoms with Crippen LogP contribution in [0.4, 0.5) is 5.69 Å². The molecule has 0 aromatic heterocycles. The molecule has 132 valence electrons. The first-order valence-corrected chi connectivity index (χ1v) is 8.47. The zero-order valence-electron chi connectivity index (χ0n) is 14.0. The van der Waals surface area contributed by atoms with Crippen LogP contribution in [0, 0.1) is 0 Å². The average molecular weight is 406 g/mol. The molecule has 0 heterocycles. The predicted octanol–water partition coefficient (Wildman–Crippen LogP) is 2.85. The zero-order chi connectivity index (χ0) is 18.4. The van der Waals surface area contributed by atoms with Crippen molar-refractivity contribution in [3.63, 3.8) is 0 Å². The van der Waals surface area contributed by atoms with Crippen molar-refractivity contribution in [3.8, 4) is 5.75 Å². The number of methoxy groups -OCH3 is 1. The summed E-state index contributed by atoms with van der Waals surface area (Å²) in [5, 5.41) is 5.84. The van der Waals surface area contributed by atoms with Crippen molar-refractivity contribution in [2.75, 3.05) is 19.0 Å². The van der Waals surface area contributed by atoms with Gasteiger partial charge in [-0.05, 0) is 52.7 Å². The van der Waals surface area contributed by atoms with Crippen molar-refractivity contribution in [3.05, 3.63) is 58.1 Å². The average Bonchev–Trinajstić information content (AvgIpc) is 2.59. The van der Waals surface area contributed by atoms with Crippen LogP contribution in [0.25, 0.3) is 0 Å². The largest absolute Gasteiger partial charge is 0.496 e. The molecule has 7 heteroatoms. The second-order valence-electron chi connectivity index (χ2n) is 5.45. The zero-order valence-corrected chi connectivity index (χ0v) is 15.6. The van der Waals surface area contributed by atoms with Gasteiger partial charge in [-0.1, -0.05) is 18.2 Å². The number of nitrogens with two attached hydrogens (primary N) is 1. The lowest BCUT2D eigenvalue weighted by Gasteiger charge is -2.16. The van der Waals surface area contributed by atoms with Crippen LogP contribution in [0.2, 0.25) is 0 Å². The molecule has 2 amide bonds. The molecule has 0 aliphatic carbocycles. The highest BCUT2D eigenvalue weighted by Gasteiger charge is 2.12.